The van der Waals surface area contributed by atoms with Crippen molar-refractivity contribution in [3.63, 3.8) is 0 Å². The maximum atomic E-state index is 12.2. The number of halogens is 1. The number of aromatic nitrogens is 1. The Morgan fingerprint density at radius 2 is 2.00 bits per heavy atom. The second-order valence-corrected chi connectivity index (χ2v) is 7.71. The van der Waals surface area contributed by atoms with Crippen molar-refractivity contribution < 1.29 is 9.90 Å². The topological polar surface area (TPSA) is 77.5 Å². The molecule has 0 atom stereocenters. The smallest absolute Gasteiger partial charge is 0.224 e. The highest BCUT2D eigenvalue weighted by molar-refractivity contribution is 6.34. The van der Waals surface area contributed by atoms with Crippen LogP contribution in [0, 0.1) is 0 Å². The molecule has 0 radical (unpaired) electrons. The zero-order valence-corrected chi connectivity index (χ0v) is 16.6. The number of aliphatic hydroxyl groups is 1. The zero-order chi connectivity index (χ0) is 19.4. The van der Waals surface area contributed by atoms with Gasteiger partial charge in [-0.1, -0.05) is 36.7 Å². The molecule has 1 aliphatic heterocycles. The number of pyridine rings is 1. The molecular weight excluding hydrogens is 364 g/mol. The Hall–Kier alpha value is -1.89. The number of rotatable bonds is 6. The number of fused-ring (bicyclic) bond motifs is 1. The Kier molecular flexibility index (Phi) is 6.19. The minimum atomic E-state index is -0.784. The molecule has 7 heteroatoms. The Balaban J connectivity index is 1.92. The fourth-order valence-corrected chi connectivity index (χ4v) is 3.61. The van der Waals surface area contributed by atoms with E-state index >= 15 is 0 Å². The number of piperidine rings is 1. The normalized spacial score (nSPS) is 17.0. The van der Waals surface area contributed by atoms with Gasteiger partial charge in [-0.3, -0.25) is 4.79 Å². The lowest BCUT2D eigenvalue weighted by molar-refractivity contribution is -0.116. The molecule has 2 aromatic rings. The van der Waals surface area contributed by atoms with Gasteiger partial charge >= 0.3 is 0 Å². The van der Waals surface area contributed by atoms with Crippen LogP contribution < -0.4 is 10.6 Å². The number of carbonyl (C=O) groups excluding carboxylic acids is 1. The number of nitrogens with one attached hydrogen (secondary N) is 2. The molecule has 0 aliphatic carbocycles. The number of nitrogens with zero attached hydrogens (tertiary/aromatic N) is 2. The SMILES string of the molecule is CCCC(=O)Nc1c(Cl)nc2ccccc2c1NCC1(O)CCN(C)CC1. The van der Waals surface area contributed by atoms with Gasteiger partial charge in [0, 0.05) is 31.4 Å². The van der Waals surface area contributed by atoms with Gasteiger partial charge in [0.05, 0.1) is 16.8 Å². The molecule has 1 aromatic heterocycles. The fourth-order valence-electron chi connectivity index (χ4n) is 3.37. The minimum absolute atomic E-state index is 0.0995. The van der Waals surface area contributed by atoms with E-state index in [0.717, 1.165) is 30.4 Å². The average Bonchev–Trinajstić information content (AvgIpc) is 2.64. The standard InChI is InChI=1S/C20H27ClN4O2/c1-3-6-16(26)24-18-17(14-7-4-5-8-15(14)23-19(18)21)22-13-20(27)9-11-25(2)12-10-20/h4-5,7-8,27H,3,6,9-13H2,1-2H3,(H,22,23)(H,24,26). The van der Waals surface area contributed by atoms with E-state index in [1.165, 1.54) is 0 Å². The van der Waals surface area contributed by atoms with Gasteiger partial charge < -0.3 is 20.6 Å². The van der Waals surface area contributed by atoms with Crippen LogP contribution in [0.4, 0.5) is 11.4 Å². The third-order valence-corrected chi connectivity index (χ3v) is 5.38. The van der Waals surface area contributed by atoms with Crippen molar-refractivity contribution in [2.75, 3.05) is 37.3 Å². The van der Waals surface area contributed by atoms with E-state index in [0.29, 0.717) is 37.2 Å². The molecule has 3 rings (SSSR count). The van der Waals surface area contributed by atoms with Gasteiger partial charge in [-0.2, -0.15) is 0 Å². The average molecular weight is 391 g/mol. The lowest BCUT2D eigenvalue weighted by Crippen LogP contribution is -2.47. The van der Waals surface area contributed by atoms with E-state index in [1.54, 1.807) is 0 Å². The predicted molar refractivity (Wildman–Crippen MR) is 110 cm³/mol. The molecule has 6 nitrogen and oxygen atoms in total. The second-order valence-electron chi connectivity index (χ2n) is 7.35. The zero-order valence-electron chi connectivity index (χ0n) is 15.9. The Morgan fingerprint density at radius 1 is 1.30 bits per heavy atom. The van der Waals surface area contributed by atoms with Gasteiger partial charge in [0.1, 0.15) is 5.69 Å². The summed E-state index contributed by atoms with van der Waals surface area (Å²) in [5.41, 5.74) is 1.15. The summed E-state index contributed by atoms with van der Waals surface area (Å²) in [6, 6.07) is 7.64. The summed E-state index contributed by atoms with van der Waals surface area (Å²) in [5, 5.41) is 18.3. The third kappa shape index (κ3) is 4.69. The first kappa shape index (κ1) is 19.9. The van der Waals surface area contributed by atoms with E-state index < -0.39 is 5.60 Å². The van der Waals surface area contributed by atoms with Crippen molar-refractivity contribution in [3.8, 4) is 0 Å². The van der Waals surface area contributed by atoms with Crippen LogP contribution >= 0.6 is 11.6 Å². The largest absolute Gasteiger partial charge is 0.388 e. The Labute approximate surface area is 164 Å². The van der Waals surface area contributed by atoms with E-state index in [1.807, 2.05) is 31.2 Å². The quantitative estimate of drug-likeness (QED) is 0.658. The second kappa shape index (κ2) is 8.42. The van der Waals surface area contributed by atoms with E-state index in [2.05, 4.69) is 27.6 Å². The van der Waals surface area contributed by atoms with Crippen molar-refractivity contribution in [3.05, 3.63) is 29.4 Å². The highest BCUT2D eigenvalue weighted by Crippen LogP contribution is 2.36. The monoisotopic (exact) mass is 390 g/mol. The first-order chi connectivity index (χ1) is 12.9. The van der Waals surface area contributed by atoms with Gasteiger partial charge in [-0.25, -0.2) is 4.98 Å². The first-order valence-corrected chi connectivity index (χ1v) is 9.82. The lowest BCUT2D eigenvalue weighted by Gasteiger charge is -2.37. The lowest BCUT2D eigenvalue weighted by atomic mass is 9.91. The molecule has 0 saturated carbocycles. The van der Waals surface area contributed by atoms with Gasteiger partial charge in [0.25, 0.3) is 0 Å². The summed E-state index contributed by atoms with van der Waals surface area (Å²) < 4.78 is 0. The van der Waals surface area contributed by atoms with Crippen molar-refractivity contribution in [2.45, 2.75) is 38.2 Å². The van der Waals surface area contributed by atoms with Crippen molar-refractivity contribution in [1.29, 1.82) is 0 Å². The molecule has 27 heavy (non-hydrogen) atoms. The van der Waals surface area contributed by atoms with Crippen LogP contribution in [0.15, 0.2) is 24.3 Å². The summed E-state index contributed by atoms with van der Waals surface area (Å²) in [5.74, 6) is -0.0995. The third-order valence-electron chi connectivity index (χ3n) is 5.10. The molecule has 1 saturated heterocycles. The first-order valence-electron chi connectivity index (χ1n) is 9.45. The maximum Gasteiger partial charge on any atom is 0.224 e. The Bertz CT molecular complexity index is 819. The van der Waals surface area contributed by atoms with E-state index in [4.69, 9.17) is 11.6 Å². The van der Waals surface area contributed by atoms with Crippen molar-refractivity contribution >= 4 is 39.8 Å². The molecule has 1 aromatic carbocycles. The number of likely N-dealkylation sites (tertiary alicyclic amines) is 1. The van der Waals surface area contributed by atoms with Crippen LogP contribution in [0.25, 0.3) is 10.9 Å². The molecular formula is C20H27ClN4O2. The fraction of sp³-hybridized carbons (Fsp3) is 0.500. The summed E-state index contributed by atoms with van der Waals surface area (Å²) >= 11 is 6.39. The van der Waals surface area contributed by atoms with Crippen LogP contribution in [0.5, 0.6) is 0 Å². The number of carbonyl (C=O) groups is 1. The predicted octanol–water partition coefficient (Wildman–Crippen LogP) is 3.50. The van der Waals surface area contributed by atoms with Crippen LogP contribution in [-0.4, -0.2) is 53.2 Å². The van der Waals surface area contributed by atoms with Crippen molar-refractivity contribution in [2.24, 2.45) is 0 Å². The van der Waals surface area contributed by atoms with Crippen LogP contribution in [-0.2, 0) is 4.79 Å². The molecule has 1 fully saturated rings. The highest BCUT2D eigenvalue weighted by Gasteiger charge is 2.31. The van der Waals surface area contributed by atoms with Gasteiger partial charge in [-0.05, 0) is 32.4 Å². The Morgan fingerprint density at radius 3 is 2.70 bits per heavy atom. The molecule has 0 unspecified atom stereocenters. The van der Waals surface area contributed by atoms with Crippen molar-refractivity contribution in [1.82, 2.24) is 9.88 Å². The van der Waals surface area contributed by atoms with Crippen LogP contribution in [0.3, 0.4) is 0 Å². The molecule has 146 valence electrons. The van der Waals surface area contributed by atoms with Crippen LogP contribution in [0.2, 0.25) is 5.15 Å². The van der Waals surface area contributed by atoms with E-state index in [-0.39, 0.29) is 11.1 Å². The van der Waals surface area contributed by atoms with Gasteiger partial charge in [-0.15, -0.1) is 0 Å². The maximum absolute atomic E-state index is 12.2. The number of benzene rings is 1. The molecule has 0 spiro atoms. The summed E-state index contributed by atoms with van der Waals surface area (Å²) in [6.07, 6.45) is 2.56. The summed E-state index contributed by atoms with van der Waals surface area (Å²) in [6.45, 7) is 4.06. The van der Waals surface area contributed by atoms with Crippen LogP contribution in [0.1, 0.15) is 32.6 Å². The number of anilines is 2. The van der Waals surface area contributed by atoms with Gasteiger partial charge in [0.15, 0.2) is 5.15 Å². The summed E-state index contributed by atoms with van der Waals surface area (Å²) in [7, 11) is 2.06. The summed E-state index contributed by atoms with van der Waals surface area (Å²) in [4.78, 5) is 18.8. The van der Waals surface area contributed by atoms with E-state index in [9.17, 15) is 9.90 Å². The molecule has 3 N–H and O–H groups in total. The minimum Gasteiger partial charge on any atom is -0.388 e. The number of para-hydroxylation sites is 1. The molecule has 0 bridgehead atoms. The number of hydrogen-bond donors (Lipinski definition) is 3. The highest BCUT2D eigenvalue weighted by atomic mass is 35.5. The number of amides is 1. The number of hydrogen-bond acceptors (Lipinski definition) is 5. The molecule has 1 aliphatic rings. The molecule has 1 amide bonds. The molecule has 2 heterocycles. The van der Waals surface area contributed by atoms with Gasteiger partial charge in [0.2, 0.25) is 5.91 Å².